The van der Waals surface area contributed by atoms with Gasteiger partial charge < -0.3 is 20.1 Å². The van der Waals surface area contributed by atoms with Crippen molar-refractivity contribution in [3.8, 4) is 11.5 Å². The van der Waals surface area contributed by atoms with Gasteiger partial charge in [-0.25, -0.2) is 0 Å². The molecule has 0 radical (unpaired) electrons. The normalized spacial score (nSPS) is 10.5. The molecule has 0 bridgehead atoms. The van der Waals surface area contributed by atoms with Crippen molar-refractivity contribution in [2.45, 2.75) is 27.2 Å². The molecule has 2 aromatic rings. The summed E-state index contributed by atoms with van der Waals surface area (Å²) < 4.78 is 11.1. The van der Waals surface area contributed by atoms with Crippen molar-refractivity contribution in [1.29, 1.82) is 0 Å². The highest BCUT2D eigenvalue weighted by molar-refractivity contribution is 5.93. The van der Waals surface area contributed by atoms with E-state index in [9.17, 15) is 4.79 Å². The lowest BCUT2D eigenvalue weighted by Gasteiger charge is -2.11. The molecule has 140 valence electrons. The average molecular weight is 356 g/mol. The zero-order valence-electron chi connectivity index (χ0n) is 15.7. The predicted octanol–water partition coefficient (Wildman–Crippen LogP) is 4.56. The van der Waals surface area contributed by atoms with Gasteiger partial charge in [0, 0.05) is 17.4 Å². The van der Waals surface area contributed by atoms with Crippen LogP contribution in [0.2, 0.25) is 0 Å². The maximum absolute atomic E-state index is 12.1. The number of ether oxygens (including phenoxy) is 2. The summed E-state index contributed by atoms with van der Waals surface area (Å²) in [6, 6.07) is 15.0. The van der Waals surface area contributed by atoms with Crippen molar-refractivity contribution >= 4 is 17.3 Å². The monoisotopic (exact) mass is 356 g/mol. The lowest BCUT2D eigenvalue weighted by molar-refractivity contribution is -0.114. The van der Waals surface area contributed by atoms with Crippen LogP contribution < -0.4 is 20.1 Å². The van der Waals surface area contributed by atoms with Crippen LogP contribution in [-0.4, -0.2) is 25.7 Å². The Morgan fingerprint density at radius 2 is 1.77 bits per heavy atom. The number of rotatable bonds is 10. The van der Waals surface area contributed by atoms with Crippen LogP contribution in [0.4, 0.5) is 11.4 Å². The third kappa shape index (κ3) is 7.05. The Morgan fingerprint density at radius 1 is 1.00 bits per heavy atom. The fourth-order valence-corrected chi connectivity index (χ4v) is 2.30. The second kappa shape index (κ2) is 10.3. The van der Waals surface area contributed by atoms with Crippen molar-refractivity contribution in [2.24, 2.45) is 5.92 Å². The molecule has 2 rings (SSSR count). The van der Waals surface area contributed by atoms with Gasteiger partial charge >= 0.3 is 0 Å². The first-order valence-corrected chi connectivity index (χ1v) is 9.06. The van der Waals surface area contributed by atoms with E-state index < -0.39 is 0 Å². The summed E-state index contributed by atoms with van der Waals surface area (Å²) in [4.78, 5) is 12.1. The van der Waals surface area contributed by atoms with E-state index in [1.807, 2.05) is 55.5 Å². The molecule has 0 spiro atoms. The van der Waals surface area contributed by atoms with Gasteiger partial charge in [0.2, 0.25) is 5.91 Å². The van der Waals surface area contributed by atoms with E-state index >= 15 is 0 Å². The van der Waals surface area contributed by atoms with Crippen molar-refractivity contribution in [3.63, 3.8) is 0 Å². The second-order valence-corrected chi connectivity index (χ2v) is 6.42. The summed E-state index contributed by atoms with van der Waals surface area (Å²) >= 11 is 0. The highest BCUT2D eigenvalue weighted by Crippen LogP contribution is 2.18. The molecule has 0 heterocycles. The minimum absolute atomic E-state index is 0.111. The number of carbonyl (C=O) groups is 1. The Labute approximate surface area is 155 Å². The molecule has 0 fully saturated rings. The molecule has 26 heavy (non-hydrogen) atoms. The molecule has 0 atom stereocenters. The number of hydrogen-bond donors (Lipinski definition) is 2. The highest BCUT2D eigenvalue weighted by atomic mass is 16.5. The highest BCUT2D eigenvalue weighted by Gasteiger charge is 2.04. The number of nitrogens with one attached hydrogen (secondary N) is 2. The fourth-order valence-electron chi connectivity index (χ4n) is 2.30. The summed E-state index contributed by atoms with van der Waals surface area (Å²) in [6.07, 6.45) is 1.02. The number of anilines is 2. The van der Waals surface area contributed by atoms with Gasteiger partial charge in [-0.1, -0.05) is 19.9 Å². The Kier molecular flexibility index (Phi) is 7.80. The number of benzene rings is 2. The minimum atomic E-state index is -0.111. The Balaban J connectivity index is 1.79. The predicted molar refractivity (Wildman–Crippen MR) is 106 cm³/mol. The van der Waals surface area contributed by atoms with Crippen LogP contribution in [0.5, 0.6) is 11.5 Å². The standard InChI is InChI=1S/C21H28N2O3/c1-4-25-19-10-8-17(9-11-19)23-21(24)15-22-18-6-5-7-20(14-18)26-13-12-16(2)3/h5-11,14,16,22H,4,12-13,15H2,1-3H3,(H,23,24). The van der Waals surface area contributed by atoms with E-state index in [1.54, 1.807) is 0 Å². The third-order valence-electron chi connectivity index (χ3n) is 3.70. The first kappa shape index (κ1) is 19.6. The molecule has 2 aromatic carbocycles. The molecule has 0 saturated carbocycles. The summed E-state index contributed by atoms with van der Waals surface area (Å²) in [7, 11) is 0. The SMILES string of the molecule is CCOc1ccc(NC(=O)CNc2cccc(OCCC(C)C)c2)cc1. The Bertz CT molecular complexity index is 684. The van der Waals surface area contributed by atoms with Gasteiger partial charge in [-0.15, -0.1) is 0 Å². The van der Waals surface area contributed by atoms with Gasteiger partial charge in [0.05, 0.1) is 19.8 Å². The summed E-state index contributed by atoms with van der Waals surface area (Å²) in [5, 5.41) is 5.97. The van der Waals surface area contributed by atoms with Gasteiger partial charge in [0.15, 0.2) is 0 Å². The number of hydrogen-bond acceptors (Lipinski definition) is 4. The molecule has 5 heteroatoms. The average Bonchev–Trinajstić information content (AvgIpc) is 2.62. The maximum Gasteiger partial charge on any atom is 0.243 e. The molecular weight excluding hydrogens is 328 g/mol. The zero-order chi connectivity index (χ0) is 18.8. The Morgan fingerprint density at radius 3 is 2.46 bits per heavy atom. The van der Waals surface area contributed by atoms with Crippen LogP contribution in [0.1, 0.15) is 27.2 Å². The molecule has 0 aromatic heterocycles. The van der Waals surface area contributed by atoms with Crippen molar-refractivity contribution in [2.75, 3.05) is 30.4 Å². The molecular formula is C21H28N2O3. The Hall–Kier alpha value is -2.69. The molecule has 2 N–H and O–H groups in total. The minimum Gasteiger partial charge on any atom is -0.494 e. The van der Waals surface area contributed by atoms with Gasteiger partial charge in [-0.2, -0.15) is 0 Å². The van der Waals surface area contributed by atoms with E-state index in [0.29, 0.717) is 19.1 Å². The van der Waals surface area contributed by atoms with Crippen LogP contribution in [0, 0.1) is 5.92 Å². The first-order chi connectivity index (χ1) is 12.6. The number of amides is 1. The van der Waals surface area contributed by atoms with Crippen LogP contribution in [0.25, 0.3) is 0 Å². The van der Waals surface area contributed by atoms with Gasteiger partial charge in [-0.05, 0) is 55.7 Å². The van der Waals surface area contributed by atoms with Crippen molar-refractivity contribution in [3.05, 3.63) is 48.5 Å². The number of carbonyl (C=O) groups excluding carboxylic acids is 1. The van der Waals surface area contributed by atoms with Gasteiger partial charge in [0.1, 0.15) is 11.5 Å². The molecule has 0 aliphatic carbocycles. The van der Waals surface area contributed by atoms with Crippen LogP contribution >= 0.6 is 0 Å². The molecule has 5 nitrogen and oxygen atoms in total. The summed E-state index contributed by atoms with van der Waals surface area (Å²) in [5.41, 5.74) is 1.60. The second-order valence-electron chi connectivity index (χ2n) is 6.42. The molecule has 0 unspecified atom stereocenters. The molecule has 0 aliphatic heterocycles. The van der Waals surface area contributed by atoms with E-state index in [2.05, 4.69) is 24.5 Å². The van der Waals surface area contributed by atoms with Crippen LogP contribution in [-0.2, 0) is 4.79 Å². The largest absolute Gasteiger partial charge is 0.494 e. The van der Waals surface area contributed by atoms with E-state index in [0.717, 1.165) is 29.3 Å². The quantitative estimate of drug-likeness (QED) is 0.655. The maximum atomic E-state index is 12.1. The van der Waals surface area contributed by atoms with Crippen LogP contribution in [0.3, 0.4) is 0 Å². The van der Waals surface area contributed by atoms with E-state index in [4.69, 9.17) is 9.47 Å². The summed E-state index contributed by atoms with van der Waals surface area (Å²) in [6.45, 7) is 7.78. The van der Waals surface area contributed by atoms with Crippen molar-refractivity contribution < 1.29 is 14.3 Å². The molecule has 0 aliphatic rings. The zero-order valence-corrected chi connectivity index (χ0v) is 15.7. The smallest absolute Gasteiger partial charge is 0.243 e. The topological polar surface area (TPSA) is 59.6 Å². The first-order valence-electron chi connectivity index (χ1n) is 9.06. The molecule has 0 saturated heterocycles. The van der Waals surface area contributed by atoms with Gasteiger partial charge in [0.25, 0.3) is 0 Å². The fraction of sp³-hybridized carbons (Fsp3) is 0.381. The lowest BCUT2D eigenvalue weighted by atomic mass is 10.1. The van der Waals surface area contributed by atoms with Gasteiger partial charge in [-0.3, -0.25) is 4.79 Å². The molecule has 1 amide bonds. The van der Waals surface area contributed by atoms with E-state index in [-0.39, 0.29) is 12.5 Å². The third-order valence-corrected chi connectivity index (χ3v) is 3.70. The van der Waals surface area contributed by atoms with Crippen molar-refractivity contribution in [1.82, 2.24) is 0 Å². The lowest BCUT2D eigenvalue weighted by Crippen LogP contribution is -2.21. The van der Waals surface area contributed by atoms with Crippen LogP contribution in [0.15, 0.2) is 48.5 Å². The summed E-state index contributed by atoms with van der Waals surface area (Å²) in [5.74, 6) is 2.10. The van der Waals surface area contributed by atoms with E-state index in [1.165, 1.54) is 0 Å².